The van der Waals surface area contributed by atoms with Gasteiger partial charge in [0.25, 0.3) is 0 Å². The molecule has 9 rings (SSSR count). The van der Waals surface area contributed by atoms with Gasteiger partial charge < -0.3 is 8.98 Å². The van der Waals surface area contributed by atoms with E-state index < -0.39 is 13.3 Å². The summed E-state index contributed by atoms with van der Waals surface area (Å²) in [6, 6.07) is 48.5. The Hall–Kier alpha value is -5.33. The van der Waals surface area contributed by atoms with E-state index in [1.807, 2.05) is 18.2 Å². The molecule has 0 aliphatic heterocycles. The molecule has 0 saturated heterocycles. The van der Waals surface area contributed by atoms with Gasteiger partial charge in [0.1, 0.15) is 0 Å². The number of rotatable bonds is 10. The maximum Gasteiger partial charge on any atom is 0.0774 e. The molecule has 0 bridgehead atoms. The maximum atomic E-state index is 6.11. The standard InChI is InChI=1S/C42H39N2O.C18H24GeN.Ir/c1-25(2)33-22-32(30-13-9-8-10-14-30)23-34(26(3)4)41(33)44-38-16-12-11-15-37(38)43-42(44)36-24-45-39-18-17-31(21-35(36)39)40-28(6)19-27(5)20-29(40)7;1-14(2)11-16-12-18(15-9-7-6-8-10-15)20-13-17(16)19(3,4)5;/h8-23,25-26H,1-7H3;6-9,12-14H,11H2,1-5H3;/q2*-1;. The number of hydrogen-bond donors (Lipinski definition) is 0. The normalized spacial score (nSPS) is 11.7. The van der Waals surface area contributed by atoms with Crippen LogP contribution in [-0.4, -0.2) is 27.8 Å². The van der Waals surface area contributed by atoms with Gasteiger partial charge in [0.05, 0.1) is 16.9 Å². The van der Waals surface area contributed by atoms with Crippen molar-refractivity contribution in [3.63, 3.8) is 0 Å². The van der Waals surface area contributed by atoms with Gasteiger partial charge in [-0.1, -0.05) is 117 Å². The summed E-state index contributed by atoms with van der Waals surface area (Å²) in [6.45, 7) is 20.3. The van der Waals surface area contributed by atoms with Gasteiger partial charge in [-0.05, 0) is 101 Å². The van der Waals surface area contributed by atoms with Crippen molar-refractivity contribution in [1.82, 2.24) is 14.5 Å². The van der Waals surface area contributed by atoms with Crippen LogP contribution in [0.1, 0.15) is 86.8 Å². The molecule has 3 heterocycles. The Bertz CT molecular complexity index is 3060. The van der Waals surface area contributed by atoms with E-state index in [1.54, 1.807) is 4.40 Å². The molecular weight excluding hydrogens is 1040 g/mol. The third-order valence-corrected chi connectivity index (χ3v) is 16.8. The van der Waals surface area contributed by atoms with E-state index in [2.05, 4.69) is 212 Å². The Kier molecular flexibility index (Phi) is 14.9. The molecule has 339 valence electrons. The van der Waals surface area contributed by atoms with Crippen molar-refractivity contribution in [3.05, 3.63) is 179 Å². The van der Waals surface area contributed by atoms with Crippen LogP contribution in [0.2, 0.25) is 17.3 Å². The summed E-state index contributed by atoms with van der Waals surface area (Å²) in [5.74, 6) is 9.42. The molecule has 1 radical (unpaired) electrons. The first-order chi connectivity index (χ1) is 31.1. The number of hydrogen-bond acceptors (Lipinski definition) is 3. The average Bonchev–Trinajstić information content (AvgIpc) is 3.87. The zero-order valence-electron chi connectivity index (χ0n) is 40.7. The van der Waals surface area contributed by atoms with E-state index in [1.165, 1.54) is 61.3 Å². The molecule has 0 N–H and O–H groups in total. The third kappa shape index (κ3) is 10.1. The van der Waals surface area contributed by atoms with Gasteiger partial charge in [0, 0.05) is 37.6 Å². The van der Waals surface area contributed by atoms with Crippen LogP contribution in [0.5, 0.6) is 0 Å². The number of fused-ring (bicyclic) bond motifs is 2. The van der Waals surface area contributed by atoms with Gasteiger partial charge in [-0.25, -0.2) is 0 Å². The first-order valence-corrected chi connectivity index (χ1v) is 30.6. The average molecular weight is 1110 g/mol. The molecule has 6 aromatic carbocycles. The Balaban J connectivity index is 0.000000260. The van der Waals surface area contributed by atoms with E-state index in [4.69, 9.17) is 14.4 Å². The first-order valence-electron chi connectivity index (χ1n) is 23.3. The van der Waals surface area contributed by atoms with Crippen LogP contribution in [0.15, 0.2) is 138 Å². The fourth-order valence-corrected chi connectivity index (χ4v) is 12.8. The monoisotopic (exact) mass is 1110 g/mol. The van der Waals surface area contributed by atoms with E-state index in [0.29, 0.717) is 17.8 Å². The molecular formula is C60H63GeIrN3O-2. The first kappa shape index (κ1) is 48.6. The van der Waals surface area contributed by atoms with Gasteiger partial charge in [0.15, 0.2) is 0 Å². The summed E-state index contributed by atoms with van der Waals surface area (Å²) in [5.41, 5.74) is 19.9. The van der Waals surface area contributed by atoms with Gasteiger partial charge in [0.2, 0.25) is 0 Å². The largest absolute Gasteiger partial charge is 0.557 e. The zero-order valence-corrected chi connectivity index (χ0v) is 45.2. The number of benzene rings is 6. The Labute approximate surface area is 409 Å². The number of nitrogens with zero attached hydrogens (tertiary/aromatic N) is 3. The fraction of sp³-hybridized carbons (Fsp3) is 0.267. The Morgan fingerprint density at radius 1 is 0.682 bits per heavy atom. The van der Waals surface area contributed by atoms with Gasteiger partial charge in [-0.2, -0.15) is 0 Å². The van der Waals surface area contributed by atoms with Crippen LogP contribution >= 0.6 is 0 Å². The second kappa shape index (κ2) is 20.3. The molecule has 3 aromatic heterocycles. The van der Waals surface area contributed by atoms with Crippen molar-refractivity contribution in [1.29, 1.82) is 0 Å². The van der Waals surface area contributed by atoms with Crippen molar-refractivity contribution in [3.8, 4) is 50.6 Å². The molecule has 0 unspecified atom stereocenters. The molecule has 0 atom stereocenters. The van der Waals surface area contributed by atoms with E-state index >= 15 is 0 Å². The second-order valence-corrected chi connectivity index (χ2v) is 30.4. The molecule has 0 spiro atoms. The van der Waals surface area contributed by atoms with Crippen LogP contribution in [0.3, 0.4) is 0 Å². The Morgan fingerprint density at radius 2 is 1.33 bits per heavy atom. The number of aromatic nitrogens is 3. The predicted octanol–water partition coefficient (Wildman–Crippen LogP) is 16.0. The van der Waals surface area contributed by atoms with Crippen molar-refractivity contribution in [2.75, 3.05) is 0 Å². The predicted molar refractivity (Wildman–Crippen MR) is 278 cm³/mol. The van der Waals surface area contributed by atoms with Crippen LogP contribution in [-0.2, 0) is 26.5 Å². The maximum absolute atomic E-state index is 6.11. The topological polar surface area (TPSA) is 43.9 Å². The van der Waals surface area contributed by atoms with E-state index in [9.17, 15) is 0 Å². The smallest absolute Gasteiger partial charge is 0.0774 e. The minimum Gasteiger partial charge on any atom is -0.557 e. The molecule has 66 heavy (non-hydrogen) atoms. The van der Waals surface area contributed by atoms with Crippen molar-refractivity contribution >= 4 is 39.7 Å². The number of para-hydroxylation sites is 2. The van der Waals surface area contributed by atoms with E-state index in [0.717, 1.165) is 51.1 Å². The summed E-state index contributed by atoms with van der Waals surface area (Å²) in [5, 5.41) is 1.02. The minimum absolute atomic E-state index is 0. The van der Waals surface area contributed by atoms with Crippen molar-refractivity contribution in [2.45, 2.75) is 97.8 Å². The number of furan rings is 1. The summed E-state index contributed by atoms with van der Waals surface area (Å²) in [7, 11) is 0. The fourth-order valence-electron chi connectivity index (χ4n) is 9.45. The van der Waals surface area contributed by atoms with Gasteiger partial charge in [-0.3, -0.25) is 4.98 Å². The van der Waals surface area contributed by atoms with Crippen LogP contribution < -0.4 is 4.40 Å². The Morgan fingerprint density at radius 3 is 1.95 bits per heavy atom. The SMILES string of the molecule is CC(C)Cc1cc(-c2[c-]cccc2)nc[c]1[Ge]([CH3])([CH3])[CH3].Cc1cc(C)c(-c2ccc3o[c-]c(-c4nc5ccccc5n4-c4c(C(C)C)cc(-c5ccccc5)cc4C(C)C)c3c2)c(C)c1.[Ir]. The molecule has 0 aliphatic rings. The molecule has 0 saturated carbocycles. The number of imidazole rings is 1. The molecule has 0 amide bonds. The molecule has 0 aliphatic carbocycles. The molecule has 4 nitrogen and oxygen atoms in total. The van der Waals surface area contributed by atoms with E-state index in [-0.39, 0.29) is 20.1 Å². The summed E-state index contributed by atoms with van der Waals surface area (Å²) < 4.78 is 10.0. The minimum atomic E-state index is -1.86. The van der Waals surface area contributed by atoms with Crippen molar-refractivity contribution < 1.29 is 24.5 Å². The number of aryl methyl sites for hydroxylation is 3. The molecule has 9 aromatic rings. The molecule has 6 heteroatoms. The van der Waals surface area contributed by atoms with Crippen molar-refractivity contribution in [2.24, 2.45) is 5.92 Å². The van der Waals surface area contributed by atoms with Crippen LogP contribution in [0.25, 0.3) is 72.6 Å². The second-order valence-electron chi connectivity index (χ2n) is 19.9. The van der Waals surface area contributed by atoms with Crippen LogP contribution in [0.4, 0.5) is 0 Å². The van der Waals surface area contributed by atoms with Gasteiger partial charge >= 0.3 is 126 Å². The summed E-state index contributed by atoms with van der Waals surface area (Å²) in [4.78, 5) is 9.98. The summed E-state index contributed by atoms with van der Waals surface area (Å²) >= 11 is -1.86. The number of pyridine rings is 1. The van der Waals surface area contributed by atoms with Crippen LogP contribution in [0, 0.1) is 39.0 Å². The molecule has 0 fully saturated rings. The zero-order chi connectivity index (χ0) is 46.2. The third-order valence-electron chi connectivity index (χ3n) is 12.4. The van der Waals surface area contributed by atoms with Gasteiger partial charge in [-0.15, -0.1) is 0 Å². The summed E-state index contributed by atoms with van der Waals surface area (Å²) in [6.07, 6.45) is 6.57. The quantitative estimate of drug-likeness (QED) is 0.101.